The van der Waals surface area contributed by atoms with Gasteiger partial charge in [0.15, 0.2) is 0 Å². The summed E-state index contributed by atoms with van der Waals surface area (Å²) in [6.45, 7) is 10.9. The van der Waals surface area contributed by atoms with Crippen LogP contribution < -0.4 is 10.6 Å². The predicted octanol–water partition coefficient (Wildman–Crippen LogP) is 2.79. The van der Waals surface area contributed by atoms with Crippen LogP contribution in [0, 0.1) is 19.3 Å². The molecule has 0 saturated heterocycles. The number of aryl methyl sites for hydroxylation is 2. The van der Waals surface area contributed by atoms with E-state index in [2.05, 4.69) is 10.6 Å². The molecule has 1 rings (SSSR count). The van der Waals surface area contributed by atoms with E-state index in [0.717, 1.165) is 16.8 Å². The van der Waals surface area contributed by atoms with Gasteiger partial charge in [0.25, 0.3) is 0 Å². The number of hydrogen-bond acceptors (Lipinski definition) is 2. The van der Waals surface area contributed by atoms with Crippen molar-refractivity contribution in [3.05, 3.63) is 29.3 Å². The maximum atomic E-state index is 12.4. The molecule has 0 fully saturated rings. The largest absolute Gasteiger partial charge is 0.353 e. The van der Waals surface area contributed by atoms with Gasteiger partial charge in [0.05, 0.1) is 0 Å². The van der Waals surface area contributed by atoms with E-state index in [1.54, 1.807) is 13.8 Å². The Morgan fingerprint density at radius 2 is 1.55 bits per heavy atom. The van der Waals surface area contributed by atoms with Crippen molar-refractivity contribution in [1.29, 1.82) is 0 Å². The molecule has 0 aromatic heterocycles. The molecule has 4 nitrogen and oxygen atoms in total. The minimum atomic E-state index is -1.11. The molecule has 0 heterocycles. The van der Waals surface area contributed by atoms with Crippen molar-refractivity contribution in [2.24, 2.45) is 5.41 Å². The fraction of sp³-hybridized carbons (Fsp3) is 0.500. The smallest absolute Gasteiger partial charge is 0.239 e. The molecule has 0 spiro atoms. The van der Waals surface area contributed by atoms with Gasteiger partial charge in [-0.05, 0) is 52.7 Å². The zero-order chi connectivity index (χ0) is 15.5. The maximum absolute atomic E-state index is 12.4. The number of nitrogens with one attached hydrogen (secondary N) is 2. The standard InChI is InChI=1S/C16H24N2O2/c1-10(2)17-14(19)16(5,6)15(20)18-13-11(3)8-7-9-12(13)4/h7-10H,1-6H3,(H,17,19)(H,18,20). The number of amides is 2. The lowest BCUT2D eigenvalue weighted by molar-refractivity contribution is -0.138. The molecule has 0 aliphatic rings. The van der Waals surface area contributed by atoms with Gasteiger partial charge in [-0.2, -0.15) is 0 Å². The number of benzene rings is 1. The van der Waals surface area contributed by atoms with Crippen molar-refractivity contribution in [2.75, 3.05) is 5.32 Å². The van der Waals surface area contributed by atoms with Gasteiger partial charge < -0.3 is 10.6 Å². The topological polar surface area (TPSA) is 58.2 Å². The summed E-state index contributed by atoms with van der Waals surface area (Å²) in [5, 5.41) is 5.65. The maximum Gasteiger partial charge on any atom is 0.239 e. The van der Waals surface area contributed by atoms with Gasteiger partial charge in [-0.1, -0.05) is 18.2 Å². The molecule has 0 saturated carbocycles. The number of carbonyl (C=O) groups excluding carboxylic acids is 2. The van der Waals surface area contributed by atoms with Crippen LogP contribution in [0.25, 0.3) is 0 Å². The molecule has 0 aliphatic heterocycles. The van der Waals surface area contributed by atoms with E-state index in [9.17, 15) is 9.59 Å². The number of rotatable bonds is 4. The van der Waals surface area contributed by atoms with Crippen molar-refractivity contribution >= 4 is 17.5 Å². The van der Waals surface area contributed by atoms with Crippen LogP contribution in [-0.4, -0.2) is 17.9 Å². The van der Waals surface area contributed by atoms with Crippen LogP contribution in [0.5, 0.6) is 0 Å². The van der Waals surface area contributed by atoms with Gasteiger partial charge in [-0.25, -0.2) is 0 Å². The van der Waals surface area contributed by atoms with Crippen molar-refractivity contribution < 1.29 is 9.59 Å². The molecule has 0 bridgehead atoms. The quantitative estimate of drug-likeness (QED) is 0.831. The minimum Gasteiger partial charge on any atom is -0.353 e. The van der Waals surface area contributed by atoms with Crippen LogP contribution >= 0.6 is 0 Å². The average molecular weight is 276 g/mol. The predicted molar refractivity (Wildman–Crippen MR) is 81.6 cm³/mol. The highest BCUT2D eigenvalue weighted by atomic mass is 16.2. The average Bonchev–Trinajstić information content (AvgIpc) is 2.32. The van der Waals surface area contributed by atoms with E-state index in [1.807, 2.05) is 45.9 Å². The lowest BCUT2D eigenvalue weighted by atomic mass is 9.90. The summed E-state index contributed by atoms with van der Waals surface area (Å²) < 4.78 is 0. The Hall–Kier alpha value is -1.84. The summed E-state index contributed by atoms with van der Waals surface area (Å²) in [6.07, 6.45) is 0. The number of anilines is 1. The first-order chi connectivity index (χ1) is 9.16. The van der Waals surface area contributed by atoms with Gasteiger partial charge in [0, 0.05) is 11.7 Å². The third-order valence-corrected chi connectivity index (χ3v) is 3.27. The van der Waals surface area contributed by atoms with Crippen molar-refractivity contribution in [3.8, 4) is 0 Å². The van der Waals surface area contributed by atoms with Crippen molar-refractivity contribution in [2.45, 2.75) is 47.6 Å². The van der Waals surface area contributed by atoms with Gasteiger partial charge in [0.2, 0.25) is 11.8 Å². The molecule has 2 amide bonds. The number of hydrogen-bond donors (Lipinski definition) is 2. The zero-order valence-corrected chi connectivity index (χ0v) is 13.1. The van der Waals surface area contributed by atoms with Crippen molar-refractivity contribution in [1.82, 2.24) is 5.32 Å². The van der Waals surface area contributed by atoms with Gasteiger partial charge in [0.1, 0.15) is 5.41 Å². The third kappa shape index (κ3) is 3.59. The lowest BCUT2D eigenvalue weighted by Gasteiger charge is -2.25. The molecule has 0 radical (unpaired) electrons. The van der Waals surface area contributed by atoms with E-state index in [4.69, 9.17) is 0 Å². The molecule has 1 aromatic carbocycles. The highest BCUT2D eigenvalue weighted by Gasteiger charge is 2.36. The lowest BCUT2D eigenvalue weighted by Crippen LogP contribution is -2.47. The van der Waals surface area contributed by atoms with Crippen LogP contribution in [0.4, 0.5) is 5.69 Å². The second-order valence-electron chi connectivity index (χ2n) is 5.97. The second kappa shape index (κ2) is 6.07. The fourth-order valence-electron chi connectivity index (χ4n) is 1.83. The van der Waals surface area contributed by atoms with E-state index in [-0.39, 0.29) is 17.9 Å². The first-order valence-corrected chi connectivity index (χ1v) is 6.85. The minimum absolute atomic E-state index is 0.00905. The first kappa shape index (κ1) is 16.2. The second-order valence-corrected chi connectivity index (χ2v) is 5.97. The van der Waals surface area contributed by atoms with E-state index >= 15 is 0 Å². The number of para-hydroxylation sites is 1. The van der Waals surface area contributed by atoms with E-state index in [1.165, 1.54) is 0 Å². The monoisotopic (exact) mass is 276 g/mol. The van der Waals surface area contributed by atoms with E-state index in [0.29, 0.717) is 0 Å². The Morgan fingerprint density at radius 3 is 2.00 bits per heavy atom. The Labute approximate surface area is 121 Å². The Kier molecular flexibility index (Phi) is 4.93. The Balaban J connectivity index is 2.92. The molecule has 4 heteroatoms. The summed E-state index contributed by atoms with van der Waals surface area (Å²) in [5.41, 5.74) is 1.64. The molecular weight excluding hydrogens is 252 g/mol. The van der Waals surface area contributed by atoms with Crippen LogP contribution in [-0.2, 0) is 9.59 Å². The molecule has 0 aliphatic carbocycles. The van der Waals surface area contributed by atoms with Crippen LogP contribution in [0.1, 0.15) is 38.8 Å². The molecule has 0 unspecified atom stereocenters. The molecular formula is C16H24N2O2. The molecule has 20 heavy (non-hydrogen) atoms. The zero-order valence-electron chi connectivity index (χ0n) is 13.1. The van der Waals surface area contributed by atoms with Gasteiger partial charge >= 0.3 is 0 Å². The van der Waals surface area contributed by atoms with Gasteiger partial charge in [-0.15, -0.1) is 0 Å². The van der Waals surface area contributed by atoms with Crippen LogP contribution in [0.3, 0.4) is 0 Å². The summed E-state index contributed by atoms with van der Waals surface area (Å²) in [4.78, 5) is 24.5. The summed E-state index contributed by atoms with van der Waals surface area (Å²) in [6, 6.07) is 5.82. The molecule has 1 aromatic rings. The Morgan fingerprint density at radius 1 is 1.05 bits per heavy atom. The van der Waals surface area contributed by atoms with Crippen molar-refractivity contribution in [3.63, 3.8) is 0 Å². The summed E-state index contributed by atoms with van der Waals surface area (Å²) in [7, 11) is 0. The van der Waals surface area contributed by atoms with Gasteiger partial charge in [-0.3, -0.25) is 9.59 Å². The molecule has 2 N–H and O–H groups in total. The number of carbonyl (C=O) groups is 2. The SMILES string of the molecule is Cc1cccc(C)c1NC(=O)C(C)(C)C(=O)NC(C)C. The highest BCUT2D eigenvalue weighted by Crippen LogP contribution is 2.24. The Bertz CT molecular complexity index is 499. The normalized spacial score (nSPS) is 11.3. The molecule has 110 valence electrons. The highest BCUT2D eigenvalue weighted by molar-refractivity contribution is 6.10. The van der Waals surface area contributed by atoms with Crippen LogP contribution in [0.15, 0.2) is 18.2 Å². The molecule has 0 atom stereocenters. The third-order valence-electron chi connectivity index (χ3n) is 3.27. The fourth-order valence-corrected chi connectivity index (χ4v) is 1.83. The summed E-state index contributed by atoms with van der Waals surface area (Å²) in [5.74, 6) is -0.565. The van der Waals surface area contributed by atoms with Crippen LogP contribution in [0.2, 0.25) is 0 Å². The first-order valence-electron chi connectivity index (χ1n) is 6.85. The van der Waals surface area contributed by atoms with E-state index < -0.39 is 5.41 Å². The summed E-state index contributed by atoms with van der Waals surface area (Å²) >= 11 is 0.